The molecule has 0 aliphatic carbocycles. The van der Waals surface area contributed by atoms with Gasteiger partial charge in [0.1, 0.15) is 0 Å². The lowest BCUT2D eigenvalue weighted by Crippen LogP contribution is -2.04. The van der Waals surface area contributed by atoms with Gasteiger partial charge in [0.15, 0.2) is 5.82 Å². The van der Waals surface area contributed by atoms with Crippen LogP contribution in [0.4, 0.5) is 13.2 Å². The number of halogens is 4. The first-order valence-electron chi connectivity index (χ1n) is 2.50. The van der Waals surface area contributed by atoms with Crippen molar-refractivity contribution in [2.75, 3.05) is 0 Å². The second-order valence-corrected chi connectivity index (χ2v) is 1.91. The molecule has 0 saturated carbocycles. The van der Waals surface area contributed by atoms with E-state index in [4.69, 9.17) is 11.6 Å². The van der Waals surface area contributed by atoms with Gasteiger partial charge in [0, 0.05) is 0 Å². The van der Waals surface area contributed by atoms with Crippen molar-refractivity contribution in [2.24, 2.45) is 0 Å². The molecular formula is C4H2ClF3N2O. The summed E-state index contributed by atoms with van der Waals surface area (Å²) in [6, 6.07) is 0. The summed E-state index contributed by atoms with van der Waals surface area (Å²) in [5.74, 6) is -1.73. The lowest BCUT2D eigenvalue weighted by Gasteiger charge is -1.95. The molecule has 0 fully saturated rings. The quantitative estimate of drug-likeness (QED) is 0.628. The van der Waals surface area contributed by atoms with E-state index in [9.17, 15) is 13.2 Å². The summed E-state index contributed by atoms with van der Waals surface area (Å²) in [6.07, 6.45) is -4.59. The van der Waals surface area contributed by atoms with Crippen LogP contribution in [-0.4, -0.2) is 10.1 Å². The van der Waals surface area contributed by atoms with Gasteiger partial charge < -0.3 is 4.52 Å². The fourth-order valence-corrected chi connectivity index (χ4v) is 0.532. The Kier molecular flexibility index (Phi) is 2.03. The topological polar surface area (TPSA) is 38.9 Å². The molecule has 0 aliphatic heterocycles. The van der Waals surface area contributed by atoms with Crippen molar-refractivity contribution in [3.05, 3.63) is 11.7 Å². The first kappa shape index (κ1) is 8.32. The smallest absolute Gasteiger partial charge is 0.329 e. The minimum Gasteiger partial charge on any atom is -0.329 e. The van der Waals surface area contributed by atoms with Gasteiger partial charge in [-0.25, -0.2) is 0 Å². The molecule has 3 nitrogen and oxygen atoms in total. The zero-order valence-electron chi connectivity index (χ0n) is 5.02. The Hall–Kier alpha value is -0.780. The number of aromatic nitrogens is 2. The molecule has 0 radical (unpaired) electrons. The molecule has 0 aliphatic rings. The lowest BCUT2D eigenvalue weighted by molar-refractivity contribution is -0.159. The standard InChI is InChI=1S/C4H2ClF3N2O/c5-1-2-9-3(11-10-2)4(6,7)8/h1H2. The van der Waals surface area contributed by atoms with Crippen LogP contribution in [0, 0.1) is 0 Å². The van der Waals surface area contributed by atoms with Gasteiger partial charge in [-0.2, -0.15) is 18.2 Å². The van der Waals surface area contributed by atoms with Crippen LogP contribution >= 0.6 is 11.6 Å². The second-order valence-electron chi connectivity index (χ2n) is 1.65. The number of alkyl halides is 4. The molecule has 0 amide bonds. The van der Waals surface area contributed by atoms with E-state index in [0.717, 1.165) is 0 Å². The van der Waals surface area contributed by atoms with Gasteiger partial charge >= 0.3 is 12.1 Å². The van der Waals surface area contributed by atoms with E-state index in [2.05, 4.69) is 14.7 Å². The normalized spacial score (nSPS) is 12.0. The molecule has 0 unspecified atom stereocenters. The van der Waals surface area contributed by atoms with Crippen molar-refractivity contribution in [2.45, 2.75) is 12.1 Å². The van der Waals surface area contributed by atoms with Gasteiger partial charge in [0.2, 0.25) is 0 Å². The highest BCUT2D eigenvalue weighted by molar-refractivity contribution is 6.16. The van der Waals surface area contributed by atoms with Crippen molar-refractivity contribution in [3.8, 4) is 0 Å². The van der Waals surface area contributed by atoms with E-state index in [1.54, 1.807) is 0 Å². The van der Waals surface area contributed by atoms with Crippen molar-refractivity contribution in [1.82, 2.24) is 10.1 Å². The molecule has 0 bridgehead atoms. The number of rotatable bonds is 1. The van der Waals surface area contributed by atoms with Gasteiger partial charge in [0.05, 0.1) is 5.88 Å². The summed E-state index contributed by atoms with van der Waals surface area (Å²) < 4.78 is 38.9. The van der Waals surface area contributed by atoms with Gasteiger partial charge in [-0.3, -0.25) is 0 Å². The van der Waals surface area contributed by atoms with Crippen molar-refractivity contribution in [3.63, 3.8) is 0 Å². The third-order valence-electron chi connectivity index (χ3n) is 0.830. The summed E-state index contributed by atoms with van der Waals surface area (Å²) in [4.78, 5) is 2.97. The van der Waals surface area contributed by atoms with E-state index in [-0.39, 0.29) is 11.7 Å². The Morgan fingerprint density at radius 1 is 1.45 bits per heavy atom. The molecule has 0 atom stereocenters. The molecule has 1 aromatic heterocycles. The van der Waals surface area contributed by atoms with Crippen molar-refractivity contribution >= 4 is 11.6 Å². The number of nitrogens with zero attached hydrogens (tertiary/aromatic N) is 2. The summed E-state index contributed by atoms with van der Waals surface area (Å²) in [6.45, 7) is 0. The molecule has 0 saturated heterocycles. The zero-order chi connectivity index (χ0) is 8.48. The predicted molar refractivity (Wildman–Crippen MR) is 28.9 cm³/mol. The van der Waals surface area contributed by atoms with Crippen LogP contribution in [0.25, 0.3) is 0 Å². The number of hydrogen-bond donors (Lipinski definition) is 0. The molecule has 62 valence electrons. The lowest BCUT2D eigenvalue weighted by atomic mass is 10.6. The highest BCUT2D eigenvalue weighted by Crippen LogP contribution is 2.27. The maximum atomic E-state index is 11.7. The van der Waals surface area contributed by atoms with Crippen LogP contribution in [-0.2, 0) is 12.1 Å². The van der Waals surface area contributed by atoms with Crippen LogP contribution in [0.1, 0.15) is 11.7 Å². The first-order valence-corrected chi connectivity index (χ1v) is 3.03. The van der Waals surface area contributed by atoms with Gasteiger partial charge in [-0.1, -0.05) is 5.16 Å². The Balaban J connectivity index is 2.89. The molecule has 7 heteroatoms. The van der Waals surface area contributed by atoms with E-state index in [1.165, 1.54) is 0 Å². The van der Waals surface area contributed by atoms with Crippen LogP contribution in [0.5, 0.6) is 0 Å². The average molecular weight is 187 g/mol. The highest BCUT2D eigenvalue weighted by Gasteiger charge is 2.38. The fraction of sp³-hybridized carbons (Fsp3) is 0.500. The molecule has 0 aromatic carbocycles. The van der Waals surface area contributed by atoms with Crippen molar-refractivity contribution in [1.29, 1.82) is 0 Å². The van der Waals surface area contributed by atoms with Crippen LogP contribution in [0.15, 0.2) is 4.52 Å². The third kappa shape index (κ3) is 1.83. The SMILES string of the molecule is FC(F)(F)c1nc(CCl)no1. The van der Waals surface area contributed by atoms with Crippen LogP contribution in [0.3, 0.4) is 0 Å². The van der Waals surface area contributed by atoms with Gasteiger partial charge in [0.25, 0.3) is 0 Å². The maximum Gasteiger partial charge on any atom is 0.471 e. The second kappa shape index (κ2) is 2.69. The molecule has 11 heavy (non-hydrogen) atoms. The van der Waals surface area contributed by atoms with Crippen LogP contribution in [0.2, 0.25) is 0 Å². The number of hydrogen-bond acceptors (Lipinski definition) is 3. The molecule has 1 rings (SSSR count). The predicted octanol–water partition coefficient (Wildman–Crippen LogP) is 1.83. The van der Waals surface area contributed by atoms with E-state index < -0.39 is 12.1 Å². The minimum atomic E-state index is -4.59. The molecule has 1 aromatic rings. The monoisotopic (exact) mass is 186 g/mol. The Morgan fingerprint density at radius 2 is 2.09 bits per heavy atom. The maximum absolute atomic E-state index is 11.7. The van der Waals surface area contributed by atoms with E-state index in [1.807, 2.05) is 0 Å². The van der Waals surface area contributed by atoms with Crippen molar-refractivity contribution < 1.29 is 17.7 Å². The van der Waals surface area contributed by atoms with E-state index in [0.29, 0.717) is 0 Å². The Labute approximate surface area is 64.1 Å². The molecule has 0 spiro atoms. The Morgan fingerprint density at radius 3 is 2.36 bits per heavy atom. The Bertz CT molecular complexity index is 246. The molecule has 1 heterocycles. The summed E-state index contributed by atoms with van der Waals surface area (Å²) in [7, 11) is 0. The highest BCUT2D eigenvalue weighted by atomic mass is 35.5. The summed E-state index contributed by atoms with van der Waals surface area (Å²) in [5, 5.41) is 2.96. The van der Waals surface area contributed by atoms with Gasteiger partial charge in [-0.15, -0.1) is 11.6 Å². The molecular weight excluding hydrogens is 185 g/mol. The van der Waals surface area contributed by atoms with E-state index >= 15 is 0 Å². The average Bonchev–Trinajstić information content (AvgIpc) is 2.32. The largest absolute Gasteiger partial charge is 0.471 e. The summed E-state index contributed by atoms with van der Waals surface area (Å²) in [5.41, 5.74) is 0. The van der Waals surface area contributed by atoms with Crippen LogP contribution < -0.4 is 0 Å². The minimum absolute atomic E-state index is 0.168. The first-order chi connectivity index (χ1) is 5.04. The third-order valence-corrected chi connectivity index (χ3v) is 1.07. The fourth-order valence-electron chi connectivity index (χ4n) is 0.423. The summed E-state index contributed by atoms with van der Waals surface area (Å²) >= 11 is 5.14. The molecule has 0 N–H and O–H groups in total. The zero-order valence-corrected chi connectivity index (χ0v) is 5.78. The van der Waals surface area contributed by atoms with Gasteiger partial charge in [-0.05, 0) is 0 Å².